The number of nitrogens with one attached hydrogen (secondary N) is 1. The number of benzene rings is 2. The van der Waals surface area contributed by atoms with Gasteiger partial charge in [0.1, 0.15) is 17.3 Å². The van der Waals surface area contributed by atoms with Crippen LogP contribution >= 0.6 is 0 Å². The van der Waals surface area contributed by atoms with Gasteiger partial charge in [-0.3, -0.25) is 0 Å². The van der Waals surface area contributed by atoms with E-state index in [4.69, 9.17) is 9.47 Å². The summed E-state index contributed by atoms with van der Waals surface area (Å²) in [5, 5.41) is 11.0. The predicted octanol–water partition coefficient (Wildman–Crippen LogP) is 3.35. The van der Waals surface area contributed by atoms with Gasteiger partial charge in [0, 0.05) is 18.2 Å². The molecule has 26 heavy (non-hydrogen) atoms. The first-order chi connectivity index (χ1) is 12.7. The highest BCUT2D eigenvalue weighted by Gasteiger charge is 2.07. The van der Waals surface area contributed by atoms with Crippen molar-refractivity contribution in [1.29, 1.82) is 0 Å². The van der Waals surface area contributed by atoms with E-state index in [2.05, 4.69) is 20.5 Å². The maximum atomic E-state index is 13.4. The number of nitrogens with zero attached hydrogens (tertiary/aromatic N) is 3. The summed E-state index contributed by atoms with van der Waals surface area (Å²) in [6, 6.07) is 11.9. The van der Waals surface area contributed by atoms with Crippen molar-refractivity contribution in [3.63, 3.8) is 0 Å². The Hall–Kier alpha value is -3.22. The molecule has 0 amide bonds. The molecule has 0 unspecified atom stereocenters. The molecule has 0 bridgehead atoms. The molecule has 0 saturated heterocycles. The molecule has 6 nitrogen and oxygen atoms in total. The Balaban J connectivity index is 1.66. The molecule has 0 radical (unpaired) electrons. The van der Waals surface area contributed by atoms with Crippen LogP contribution in [0.1, 0.15) is 5.56 Å². The molecule has 3 aromatic rings. The molecule has 0 spiro atoms. The van der Waals surface area contributed by atoms with Crippen LogP contribution in [-0.4, -0.2) is 35.9 Å². The molecular formula is C19H19FN4O2. The van der Waals surface area contributed by atoms with E-state index < -0.39 is 0 Å². The molecule has 1 N–H and O–H groups in total. The van der Waals surface area contributed by atoms with E-state index in [0.29, 0.717) is 30.2 Å². The first-order valence-corrected chi connectivity index (χ1v) is 8.10. The van der Waals surface area contributed by atoms with Crippen molar-refractivity contribution in [3.05, 3.63) is 60.0 Å². The lowest BCUT2D eigenvalue weighted by Gasteiger charge is -2.11. The van der Waals surface area contributed by atoms with E-state index in [9.17, 15) is 4.39 Å². The summed E-state index contributed by atoms with van der Waals surface area (Å²) in [6.45, 7) is 0.594. The molecule has 1 heterocycles. The van der Waals surface area contributed by atoms with Crippen molar-refractivity contribution in [1.82, 2.24) is 15.2 Å². The van der Waals surface area contributed by atoms with Crippen molar-refractivity contribution in [2.24, 2.45) is 0 Å². The van der Waals surface area contributed by atoms with E-state index in [1.807, 2.05) is 18.2 Å². The fraction of sp³-hybridized carbons (Fsp3) is 0.211. The summed E-state index contributed by atoms with van der Waals surface area (Å²) in [5.74, 6) is 1.58. The number of hydrogen-bond acceptors (Lipinski definition) is 6. The lowest BCUT2D eigenvalue weighted by atomic mass is 10.1. The van der Waals surface area contributed by atoms with Crippen molar-refractivity contribution >= 4 is 5.95 Å². The number of ether oxygens (including phenoxy) is 2. The zero-order chi connectivity index (χ0) is 18.4. The van der Waals surface area contributed by atoms with E-state index in [-0.39, 0.29) is 5.82 Å². The second kappa shape index (κ2) is 8.24. The number of aromatic nitrogens is 3. The maximum absolute atomic E-state index is 13.4. The van der Waals surface area contributed by atoms with Crippen molar-refractivity contribution < 1.29 is 13.9 Å². The first kappa shape index (κ1) is 17.6. The average Bonchev–Trinajstić information content (AvgIpc) is 2.68. The molecular weight excluding hydrogens is 335 g/mol. The van der Waals surface area contributed by atoms with Crippen LogP contribution in [0.25, 0.3) is 11.3 Å². The Morgan fingerprint density at radius 3 is 2.73 bits per heavy atom. The van der Waals surface area contributed by atoms with Crippen molar-refractivity contribution in [3.8, 4) is 22.8 Å². The third-order valence-corrected chi connectivity index (χ3v) is 3.85. The van der Waals surface area contributed by atoms with Gasteiger partial charge in [-0.1, -0.05) is 18.2 Å². The minimum absolute atomic E-state index is 0.317. The summed E-state index contributed by atoms with van der Waals surface area (Å²) < 4.78 is 24.0. The molecule has 0 fully saturated rings. The van der Waals surface area contributed by atoms with Crippen LogP contribution < -0.4 is 14.8 Å². The third-order valence-electron chi connectivity index (χ3n) is 3.85. The normalized spacial score (nSPS) is 10.4. The Labute approximate surface area is 151 Å². The van der Waals surface area contributed by atoms with E-state index in [0.717, 1.165) is 17.1 Å². The molecule has 1 aromatic heterocycles. The highest BCUT2D eigenvalue weighted by Crippen LogP contribution is 2.25. The predicted molar refractivity (Wildman–Crippen MR) is 97.0 cm³/mol. The van der Waals surface area contributed by atoms with Gasteiger partial charge in [0.2, 0.25) is 5.95 Å². The summed E-state index contributed by atoms with van der Waals surface area (Å²) in [5.41, 5.74) is 2.25. The lowest BCUT2D eigenvalue weighted by molar-refractivity contribution is 0.391. The molecule has 0 atom stereocenters. The number of anilines is 1. The Morgan fingerprint density at radius 2 is 1.96 bits per heavy atom. The Morgan fingerprint density at radius 1 is 1.08 bits per heavy atom. The van der Waals surface area contributed by atoms with Crippen LogP contribution in [0.4, 0.5) is 10.3 Å². The summed E-state index contributed by atoms with van der Waals surface area (Å²) in [6.07, 6.45) is 2.22. The second-order valence-corrected chi connectivity index (χ2v) is 5.53. The van der Waals surface area contributed by atoms with Gasteiger partial charge in [-0.15, -0.1) is 5.10 Å². The van der Waals surface area contributed by atoms with Gasteiger partial charge >= 0.3 is 0 Å². The van der Waals surface area contributed by atoms with Crippen LogP contribution in [0.5, 0.6) is 11.5 Å². The van der Waals surface area contributed by atoms with E-state index in [1.165, 1.54) is 18.3 Å². The van der Waals surface area contributed by atoms with Crippen LogP contribution in [-0.2, 0) is 6.42 Å². The number of hydrogen-bond donors (Lipinski definition) is 1. The number of rotatable bonds is 7. The monoisotopic (exact) mass is 354 g/mol. The summed E-state index contributed by atoms with van der Waals surface area (Å²) >= 11 is 0. The van der Waals surface area contributed by atoms with Gasteiger partial charge < -0.3 is 14.8 Å². The summed E-state index contributed by atoms with van der Waals surface area (Å²) in [7, 11) is 3.24. The third kappa shape index (κ3) is 4.24. The van der Waals surface area contributed by atoms with Gasteiger partial charge in [0.05, 0.1) is 26.1 Å². The maximum Gasteiger partial charge on any atom is 0.243 e. The van der Waals surface area contributed by atoms with Crippen LogP contribution in [0.3, 0.4) is 0 Å². The largest absolute Gasteiger partial charge is 0.497 e. The number of halogens is 1. The Kier molecular flexibility index (Phi) is 5.58. The minimum Gasteiger partial charge on any atom is -0.497 e. The van der Waals surface area contributed by atoms with Gasteiger partial charge in [-0.25, -0.2) is 9.37 Å². The SMILES string of the molecule is COc1ccc(CCNc2nncc(-c3cccc(F)c3)n2)c(OC)c1. The van der Waals surface area contributed by atoms with Crippen molar-refractivity contribution in [2.45, 2.75) is 6.42 Å². The lowest BCUT2D eigenvalue weighted by Crippen LogP contribution is -2.09. The smallest absolute Gasteiger partial charge is 0.243 e. The molecule has 0 saturated carbocycles. The summed E-state index contributed by atoms with van der Waals surface area (Å²) in [4.78, 5) is 4.38. The standard InChI is InChI=1S/C19H19FN4O2/c1-25-16-7-6-13(18(11-16)26-2)8-9-21-19-23-17(12-22-24-19)14-4-3-5-15(20)10-14/h3-7,10-12H,8-9H2,1-2H3,(H,21,23,24). The molecule has 0 aliphatic heterocycles. The van der Waals surface area contributed by atoms with Gasteiger partial charge in [-0.05, 0) is 30.2 Å². The molecule has 7 heteroatoms. The van der Waals surface area contributed by atoms with E-state index in [1.54, 1.807) is 26.4 Å². The number of methoxy groups -OCH3 is 2. The zero-order valence-corrected chi connectivity index (χ0v) is 14.6. The van der Waals surface area contributed by atoms with Crippen molar-refractivity contribution in [2.75, 3.05) is 26.1 Å². The highest BCUT2D eigenvalue weighted by atomic mass is 19.1. The van der Waals surface area contributed by atoms with E-state index >= 15 is 0 Å². The first-order valence-electron chi connectivity index (χ1n) is 8.10. The molecule has 134 valence electrons. The average molecular weight is 354 g/mol. The van der Waals surface area contributed by atoms with Crippen LogP contribution in [0.2, 0.25) is 0 Å². The fourth-order valence-corrected chi connectivity index (χ4v) is 2.53. The second-order valence-electron chi connectivity index (χ2n) is 5.53. The topological polar surface area (TPSA) is 69.2 Å². The quantitative estimate of drug-likeness (QED) is 0.702. The van der Waals surface area contributed by atoms with Gasteiger partial charge in [0.25, 0.3) is 0 Å². The molecule has 0 aliphatic carbocycles. The Bertz CT molecular complexity index is 889. The zero-order valence-electron chi connectivity index (χ0n) is 14.6. The van der Waals surface area contributed by atoms with Crippen LogP contribution in [0, 0.1) is 5.82 Å². The van der Waals surface area contributed by atoms with Gasteiger partial charge in [0.15, 0.2) is 0 Å². The fourth-order valence-electron chi connectivity index (χ4n) is 2.53. The highest BCUT2D eigenvalue weighted by molar-refractivity contribution is 5.58. The van der Waals surface area contributed by atoms with Crippen LogP contribution in [0.15, 0.2) is 48.7 Å². The molecule has 2 aromatic carbocycles. The molecule has 0 aliphatic rings. The minimum atomic E-state index is -0.317. The van der Waals surface area contributed by atoms with Gasteiger partial charge in [-0.2, -0.15) is 5.10 Å². The molecule has 3 rings (SSSR count).